The largest absolute Gasteiger partial charge is 0.491 e. The van der Waals surface area contributed by atoms with Crippen molar-refractivity contribution in [3.05, 3.63) is 87.0 Å². The molecule has 5 nitrogen and oxygen atoms in total. The number of hydrogen-bond acceptors (Lipinski definition) is 4. The summed E-state index contributed by atoms with van der Waals surface area (Å²) in [5, 5.41) is 10.4. The third kappa shape index (κ3) is 5.37. The summed E-state index contributed by atoms with van der Waals surface area (Å²) in [5.41, 5.74) is 2.37. The van der Waals surface area contributed by atoms with Gasteiger partial charge in [-0.3, -0.25) is 4.90 Å². The van der Waals surface area contributed by atoms with E-state index >= 15 is 0 Å². The van der Waals surface area contributed by atoms with Crippen LogP contribution in [0.4, 0.5) is 4.39 Å². The number of ether oxygens (including phenoxy) is 1. The number of nitrogens with zero attached hydrogens (tertiary/aromatic N) is 2. The Bertz CT molecular complexity index is 1340. The molecule has 2 aromatic heterocycles. The Morgan fingerprint density at radius 1 is 1.14 bits per heavy atom. The standard InChI is InChI=1S/C27H26ClFN2O3S/c28-26-8-6-20(35-26)16-31-17-23(21-7-5-19(29)15-24(21)31)18-9-11-30(12-10-18)13-14-34-25-4-2-1-3-22(25)27(32)33/h1-8,15,17-18H,9-14,16H2,(H,32,33). The average molecular weight is 513 g/mol. The van der Waals surface area contributed by atoms with Crippen molar-refractivity contribution in [2.24, 2.45) is 0 Å². The van der Waals surface area contributed by atoms with Gasteiger partial charge >= 0.3 is 5.97 Å². The number of benzene rings is 2. The summed E-state index contributed by atoms with van der Waals surface area (Å²) in [5.74, 6) is -0.405. The number of aromatic nitrogens is 1. The van der Waals surface area contributed by atoms with E-state index in [1.807, 2.05) is 18.2 Å². The molecule has 182 valence electrons. The van der Waals surface area contributed by atoms with Gasteiger partial charge in [0.2, 0.25) is 0 Å². The fourth-order valence-corrected chi connectivity index (χ4v) is 5.96. The molecule has 0 bridgehead atoms. The number of carboxylic acid groups (broad SMARTS) is 1. The Kier molecular flexibility index (Phi) is 7.09. The third-order valence-corrected chi connectivity index (χ3v) is 7.86. The maximum absolute atomic E-state index is 14.1. The highest BCUT2D eigenvalue weighted by atomic mass is 35.5. The van der Waals surface area contributed by atoms with Gasteiger partial charge in [-0.25, -0.2) is 9.18 Å². The van der Waals surface area contributed by atoms with Gasteiger partial charge in [0.15, 0.2) is 0 Å². The number of hydrogen-bond donors (Lipinski definition) is 1. The van der Waals surface area contributed by atoms with E-state index < -0.39 is 5.97 Å². The maximum Gasteiger partial charge on any atom is 0.339 e. The molecule has 1 saturated heterocycles. The molecule has 5 rings (SSSR count). The van der Waals surface area contributed by atoms with Crippen LogP contribution in [-0.2, 0) is 6.54 Å². The zero-order valence-corrected chi connectivity index (χ0v) is 20.7. The van der Waals surface area contributed by atoms with Crippen molar-refractivity contribution in [1.29, 1.82) is 0 Å². The van der Waals surface area contributed by atoms with E-state index in [4.69, 9.17) is 16.3 Å². The molecule has 2 aromatic carbocycles. The van der Waals surface area contributed by atoms with Crippen molar-refractivity contribution in [3.8, 4) is 5.75 Å². The molecule has 1 aliphatic heterocycles. The van der Waals surface area contributed by atoms with Gasteiger partial charge in [-0.1, -0.05) is 23.7 Å². The minimum absolute atomic E-state index is 0.184. The normalized spacial score (nSPS) is 15.0. The van der Waals surface area contributed by atoms with Crippen LogP contribution >= 0.6 is 22.9 Å². The van der Waals surface area contributed by atoms with Gasteiger partial charge in [0, 0.05) is 23.0 Å². The van der Waals surface area contributed by atoms with E-state index in [9.17, 15) is 14.3 Å². The molecule has 35 heavy (non-hydrogen) atoms. The van der Waals surface area contributed by atoms with Crippen LogP contribution in [0.25, 0.3) is 10.9 Å². The molecule has 0 amide bonds. The minimum atomic E-state index is -0.984. The Morgan fingerprint density at radius 3 is 2.69 bits per heavy atom. The molecule has 0 atom stereocenters. The van der Waals surface area contributed by atoms with Crippen LogP contribution < -0.4 is 4.74 Å². The van der Waals surface area contributed by atoms with E-state index in [-0.39, 0.29) is 11.4 Å². The lowest BCUT2D eigenvalue weighted by Crippen LogP contribution is -2.35. The van der Waals surface area contributed by atoms with Gasteiger partial charge in [0.05, 0.1) is 16.4 Å². The third-order valence-electron chi connectivity index (χ3n) is 6.64. The molecule has 1 fully saturated rings. The second kappa shape index (κ2) is 10.4. The Balaban J connectivity index is 1.23. The molecule has 0 unspecified atom stereocenters. The van der Waals surface area contributed by atoms with Gasteiger partial charge in [-0.2, -0.15) is 0 Å². The first-order valence-electron chi connectivity index (χ1n) is 11.7. The molecule has 1 N–H and O–H groups in total. The first-order valence-corrected chi connectivity index (χ1v) is 12.9. The fraction of sp³-hybridized carbons (Fsp3) is 0.296. The second-order valence-corrected chi connectivity index (χ2v) is 10.6. The highest BCUT2D eigenvalue weighted by Crippen LogP contribution is 2.35. The topological polar surface area (TPSA) is 54.7 Å². The monoisotopic (exact) mass is 512 g/mol. The molecule has 0 aliphatic carbocycles. The number of carboxylic acids is 1. The van der Waals surface area contributed by atoms with Crippen LogP contribution in [0.3, 0.4) is 0 Å². The van der Waals surface area contributed by atoms with E-state index in [1.54, 1.807) is 47.7 Å². The molecule has 1 aliphatic rings. The summed E-state index contributed by atoms with van der Waals surface area (Å²) in [4.78, 5) is 14.9. The molecule has 8 heteroatoms. The number of para-hydroxylation sites is 1. The van der Waals surface area contributed by atoms with Gasteiger partial charge < -0.3 is 14.4 Å². The summed E-state index contributed by atoms with van der Waals surface area (Å²) in [6, 6.07) is 15.7. The maximum atomic E-state index is 14.1. The number of rotatable bonds is 8. The summed E-state index contributed by atoms with van der Waals surface area (Å²) in [7, 11) is 0. The van der Waals surface area contributed by atoms with Crippen LogP contribution in [0.5, 0.6) is 5.75 Å². The number of carbonyl (C=O) groups is 1. The zero-order valence-electron chi connectivity index (χ0n) is 19.1. The first kappa shape index (κ1) is 23.9. The highest BCUT2D eigenvalue weighted by Gasteiger charge is 2.24. The number of fused-ring (bicyclic) bond motifs is 1. The quantitative estimate of drug-likeness (QED) is 0.293. The lowest BCUT2D eigenvalue weighted by Gasteiger charge is -2.31. The molecular formula is C27H26ClFN2O3S. The Hall–Kier alpha value is -2.87. The molecule has 0 saturated carbocycles. The Morgan fingerprint density at radius 2 is 1.94 bits per heavy atom. The van der Waals surface area contributed by atoms with Gasteiger partial charge in [-0.15, -0.1) is 11.3 Å². The highest BCUT2D eigenvalue weighted by molar-refractivity contribution is 7.16. The average Bonchev–Trinajstić information content (AvgIpc) is 3.42. The van der Waals surface area contributed by atoms with Crippen LogP contribution in [-0.4, -0.2) is 46.8 Å². The molecule has 4 aromatic rings. The lowest BCUT2D eigenvalue weighted by atomic mass is 9.89. The number of piperidine rings is 1. The summed E-state index contributed by atoms with van der Waals surface area (Å²) in [6.45, 7) is 3.72. The Labute approximate surface area is 212 Å². The van der Waals surface area contributed by atoms with Gasteiger partial charge in [0.25, 0.3) is 0 Å². The van der Waals surface area contributed by atoms with Gasteiger partial charge in [0.1, 0.15) is 23.7 Å². The number of aromatic carboxylic acids is 1. The van der Waals surface area contributed by atoms with Crippen molar-refractivity contribution < 1.29 is 19.0 Å². The zero-order chi connectivity index (χ0) is 24.4. The number of thiophene rings is 1. The number of likely N-dealkylation sites (tertiary alicyclic amines) is 1. The van der Waals surface area contributed by atoms with Crippen LogP contribution in [0.2, 0.25) is 4.34 Å². The minimum Gasteiger partial charge on any atom is -0.491 e. The number of halogens is 2. The van der Waals surface area contributed by atoms with Crippen LogP contribution in [0, 0.1) is 5.82 Å². The predicted octanol–water partition coefficient (Wildman–Crippen LogP) is 6.50. The van der Waals surface area contributed by atoms with E-state index in [1.165, 1.54) is 5.56 Å². The SMILES string of the molecule is O=C(O)c1ccccc1OCCN1CCC(c2cn(Cc3ccc(Cl)s3)c3cc(F)ccc23)CC1. The molecular weight excluding hydrogens is 487 g/mol. The van der Waals surface area contributed by atoms with Crippen molar-refractivity contribution in [1.82, 2.24) is 9.47 Å². The molecule has 3 heterocycles. The van der Waals surface area contributed by atoms with Crippen LogP contribution in [0.1, 0.15) is 39.6 Å². The van der Waals surface area contributed by atoms with E-state index in [0.29, 0.717) is 24.8 Å². The van der Waals surface area contributed by atoms with Crippen LogP contribution in [0.15, 0.2) is 60.8 Å². The van der Waals surface area contributed by atoms with Crippen molar-refractivity contribution in [2.75, 3.05) is 26.2 Å². The molecule has 0 spiro atoms. The van der Waals surface area contributed by atoms with Gasteiger partial charge in [-0.05, 0) is 79.9 Å². The van der Waals surface area contributed by atoms with Crippen molar-refractivity contribution >= 4 is 39.8 Å². The van der Waals surface area contributed by atoms with E-state index in [2.05, 4.69) is 15.7 Å². The summed E-state index contributed by atoms with van der Waals surface area (Å²) in [6.07, 6.45) is 4.20. The summed E-state index contributed by atoms with van der Waals surface area (Å²) >= 11 is 7.66. The smallest absolute Gasteiger partial charge is 0.339 e. The second-order valence-electron chi connectivity index (χ2n) is 8.85. The molecule has 0 radical (unpaired) electrons. The predicted molar refractivity (Wildman–Crippen MR) is 138 cm³/mol. The van der Waals surface area contributed by atoms with Crippen molar-refractivity contribution in [2.45, 2.75) is 25.3 Å². The lowest BCUT2D eigenvalue weighted by molar-refractivity contribution is 0.0691. The van der Waals surface area contributed by atoms with Crippen molar-refractivity contribution in [3.63, 3.8) is 0 Å². The fourth-order valence-electron chi connectivity index (χ4n) is 4.88. The summed E-state index contributed by atoms with van der Waals surface area (Å²) < 4.78 is 22.8. The first-order chi connectivity index (χ1) is 17.0. The van der Waals surface area contributed by atoms with E-state index in [0.717, 1.165) is 52.6 Å².